The fourth-order valence-electron chi connectivity index (χ4n) is 1.68. The number of hydrogen-bond donors (Lipinski definition) is 1. The lowest BCUT2D eigenvalue weighted by atomic mass is 9.86. The number of aromatic nitrogens is 2. The number of carbonyl (C=O) groups is 1. The van der Waals surface area contributed by atoms with Gasteiger partial charge >= 0.3 is 0 Å². The van der Waals surface area contributed by atoms with Gasteiger partial charge in [-0.15, -0.1) is 0 Å². The van der Waals surface area contributed by atoms with Crippen molar-refractivity contribution >= 4 is 5.78 Å². The molecule has 2 rings (SSSR count). The fourth-order valence-corrected chi connectivity index (χ4v) is 1.68. The van der Waals surface area contributed by atoms with Crippen molar-refractivity contribution in [2.24, 2.45) is 5.41 Å². The highest BCUT2D eigenvalue weighted by Gasteiger charge is 2.26. The predicted octanol–water partition coefficient (Wildman–Crippen LogP) is 3.31. The molecule has 0 aliphatic carbocycles. The molecule has 88 valence electrons. The van der Waals surface area contributed by atoms with Crippen molar-refractivity contribution in [1.29, 1.82) is 0 Å². The van der Waals surface area contributed by atoms with Gasteiger partial charge < -0.3 is 0 Å². The summed E-state index contributed by atoms with van der Waals surface area (Å²) in [5, 5.41) is 6.95. The van der Waals surface area contributed by atoms with E-state index in [-0.39, 0.29) is 5.78 Å². The predicted molar refractivity (Wildman–Crippen MR) is 67.8 cm³/mol. The van der Waals surface area contributed by atoms with Crippen LogP contribution in [0.25, 0.3) is 11.3 Å². The zero-order valence-corrected chi connectivity index (χ0v) is 10.3. The number of aromatic amines is 1. The summed E-state index contributed by atoms with van der Waals surface area (Å²) in [6, 6.07) is 9.73. The minimum Gasteiger partial charge on any atom is -0.293 e. The highest BCUT2D eigenvalue weighted by Crippen LogP contribution is 2.27. The average molecular weight is 228 g/mol. The second-order valence-corrected chi connectivity index (χ2v) is 5.09. The van der Waals surface area contributed by atoms with Crippen LogP contribution < -0.4 is 0 Å². The van der Waals surface area contributed by atoms with Gasteiger partial charge in [0.15, 0.2) is 5.78 Å². The molecule has 0 spiro atoms. The largest absolute Gasteiger partial charge is 0.293 e. The molecule has 0 unspecified atom stereocenters. The lowest BCUT2D eigenvalue weighted by Gasteiger charge is -2.16. The topological polar surface area (TPSA) is 45.8 Å². The van der Waals surface area contributed by atoms with Crippen molar-refractivity contribution < 1.29 is 4.79 Å². The second-order valence-electron chi connectivity index (χ2n) is 5.09. The molecule has 0 atom stereocenters. The number of nitrogens with zero attached hydrogens (tertiary/aromatic N) is 1. The Balaban J connectivity index is 2.46. The van der Waals surface area contributed by atoms with Crippen LogP contribution in [0.5, 0.6) is 0 Å². The molecule has 3 nitrogen and oxygen atoms in total. The Hall–Kier alpha value is -1.90. The monoisotopic (exact) mass is 228 g/mol. The number of ketones is 1. The highest BCUT2D eigenvalue weighted by atomic mass is 16.1. The van der Waals surface area contributed by atoms with E-state index in [1.807, 2.05) is 51.1 Å². The maximum absolute atomic E-state index is 12.3. The molecular weight excluding hydrogens is 212 g/mol. The number of rotatable bonds is 2. The normalized spacial score (nSPS) is 11.5. The van der Waals surface area contributed by atoms with Crippen LogP contribution in [-0.2, 0) is 0 Å². The van der Waals surface area contributed by atoms with Crippen LogP contribution in [0.2, 0.25) is 0 Å². The van der Waals surface area contributed by atoms with Crippen LogP contribution in [0, 0.1) is 5.41 Å². The van der Waals surface area contributed by atoms with E-state index in [1.165, 1.54) is 0 Å². The average Bonchev–Trinajstić information content (AvgIpc) is 2.76. The van der Waals surface area contributed by atoms with Crippen molar-refractivity contribution in [1.82, 2.24) is 10.2 Å². The Kier molecular flexibility index (Phi) is 2.84. The number of H-pyrrole nitrogens is 1. The first-order valence-corrected chi connectivity index (χ1v) is 5.64. The third-order valence-electron chi connectivity index (χ3n) is 2.61. The first-order chi connectivity index (χ1) is 8.00. The molecule has 1 aromatic heterocycles. The van der Waals surface area contributed by atoms with Crippen molar-refractivity contribution in [3.8, 4) is 11.3 Å². The minimum atomic E-state index is -0.395. The van der Waals surface area contributed by atoms with Gasteiger partial charge in [-0.25, -0.2) is 0 Å². The van der Waals surface area contributed by atoms with Gasteiger partial charge in [-0.05, 0) is 0 Å². The summed E-state index contributed by atoms with van der Waals surface area (Å²) < 4.78 is 0. The van der Waals surface area contributed by atoms with E-state index in [9.17, 15) is 4.79 Å². The van der Waals surface area contributed by atoms with Gasteiger partial charge in [0.05, 0.1) is 5.56 Å². The summed E-state index contributed by atoms with van der Waals surface area (Å²) in [4.78, 5) is 12.3. The lowest BCUT2D eigenvalue weighted by Crippen LogP contribution is -2.20. The zero-order valence-electron chi connectivity index (χ0n) is 10.3. The summed E-state index contributed by atoms with van der Waals surface area (Å²) in [7, 11) is 0. The molecule has 0 saturated heterocycles. The molecule has 1 heterocycles. The van der Waals surface area contributed by atoms with E-state index in [4.69, 9.17) is 0 Å². The Bertz CT molecular complexity index is 521. The Morgan fingerprint density at radius 3 is 2.41 bits per heavy atom. The Labute approximate surface area is 101 Å². The Morgan fingerprint density at radius 2 is 1.82 bits per heavy atom. The van der Waals surface area contributed by atoms with E-state index < -0.39 is 5.41 Å². The molecule has 0 saturated carbocycles. The van der Waals surface area contributed by atoms with E-state index in [2.05, 4.69) is 10.2 Å². The van der Waals surface area contributed by atoms with Crippen LogP contribution in [0.4, 0.5) is 0 Å². The maximum Gasteiger partial charge on any atom is 0.171 e. The van der Waals surface area contributed by atoms with E-state index in [0.717, 1.165) is 11.3 Å². The van der Waals surface area contributed by atoms with Gasteiger partial charge in [-0.3, -0.25) is 9.89 Å². The fraction of sp³-hybridized carbons (Fsp3) is 0.286. The third-order valence-corrected chi connectivity index (χ3v) is 2.61. The first-order valence-electron chi connectivity index (χ1n) is 5.64. The SMILES string of the molecule is CC(C)(C)C(=O)c1c[nH]nc1-c1ccccc1. The van der Waals surface area contributed by atoms with Gasteiger partial charge in [0.2, 0.25) is 0 Å². The first kappa shape index (κ1) is 11.6. The van der Waals surface area contributed by atoms with Crippen LogP contribution in [0.15, 0.2) is 36.5 Å². The summed E-state index contributed by atoms with van der Waals surface area (Å²) >= 11 is 0. The third kappa shape index (κ3) is 2.28. The van der Waals surface area contributed by atoms with Gasteiger partial charge in [-0.2, -0.15) is 5.10 Å². The minimum absolute atomic E-state index is 0.102. The molecule has 2 aromatic rings. The molecular formula is C14H16N2O. The van der Waals surface area contributed by atoms with Crippen LogP contribution in [0.3, 0.4) is 0 Å². The van der Waals surface area contributed by atoms with Crippen molar-refractivity contribution in [2.75, 3.05) is 0 Å². The molecule has 0 aliphatic rings. The zero-order chi connectivity index (χ0) is 12.5. The van der Waals surface area contributed by atoms with Gasteiger partial charge in [0.25, 0.3) is 0 Å². The smallest absolute Gasteiger partial charge is 0.171 e. The Morgan fingerprint density at radius 1 is 1.18 bits per heavy atom. The van der Waals surface area contributed by atoms with E-state index in [1.54, 1.807) is 6.20 Å². The summed E-state index contributed by atoms with van der Waals surface area (Å²) in [6.07, 6.45) is 1.68. The molecule has 0 bridgehead atoms. The van der Waals surface area contributed by atoms with Crippen LogP contribution in [0.1, 0.15) is 31.1 Å². The summed E-state index contributed by atoms with van der Waals surface area (Å²) in [6.45, 7) is 5.74. The molecule has 1 N–H and O–H groups in total. The van der Waals surface area contributed by atoms with Crippen LogP contribution >= 0.6 is 0 Å². The van der Waals surface area contributed by atoms with Gasteiger partial charge in [0, 0.05) is 17.2 Å². The number of Topliss-reactive ketones (excluding diaryl/α,β-unsaturated/α-hetero) is 1. The summed E-state index contributed by atoms with van der Waals surface area (Å²) in [5.74, 6) is 0.102. The molecule has 3 heteroatoms. The molecule has 0 radical (unpaired) electrons. The quantitative estimate of drug-likeness (QED) is 0.801. The van der Waals surface area contributed by atoms with E-state index in [0.29, 0.717) is 5.56 Å². The number of benzene rings is 1. The van der Waals surface area contributed by atoms with Gasteiger partial charge in [-0.1, -0.05) is 51.1 Å². The highest BCUT2D eigenvalue weighted by molar-refractivity contribution is 6.04. The van der Waals surface area contributed by atoms with Gasteiger partial charge in [0.1, 0.15) is 5.69 Å². The second kappa shape index (κ2) is 4.17. The van der Waals surface area contributed by atoms with Crippen molar-refractivity contribution in [3.63, 3.8) is 0 Å². The van der Waals surface area contributed by atoms with E-state index >= 15 is 0 Å². The number of nitrogens with one attached hydrogen (secondary N) is 1. The number of carbonyl (C=O) groups excluding carboxylic acids is 1. The molecule has 1 aromatic carbocycles. The molecule has 0 amide bonds. The summed E-state index contributed by atoms with van der Waals surface area (Å²) in [5.41, 5.74) is 1.95. The van der Waals surface area contributed by atoms with Crippen molar-refractivity contribution in [3.05, 3.63) is 42.1 Å². The molecule has 17 heavy (non-hydrogen) atoms. The molecule has 0 fully saturated rings. The molecule has 0 aliphatic heterocycles. The maximum atomic E-state index is 12.3. The lowest BCUT2D eigenvalue weighted by molar-refractivity contribution is 0.0859. The standard InChI is InChI=1S/C14H16N2O/c1-14(2,3)13(17)11-9-15-16-12(11)10-7-5-4-6-8-10/h4-9H,1-3H3,(H,15,16). The number of hydrogen-bond acceptors (Lipinski definition) is 2. The van der Waals surface area contributed by atoms with Crippen LogP contribution in [-0.4, -0.2) is 16.0 Å². The van der Waals surface area contributed by atoms with Crippen molar-refractivity contribution in [2.45, 2.75) is 20.8 Å².